The number of benzene rings is 2. The number of phenolic OH excluding ortho intramolecular Hbond substituents is 1. The second-order valence-corrected chi connectivity index (χ2v) is 4.51. The van der Waals surface area contributed by atoms with Crippen molar-refractivity contribution in [2.45, 2.75) is 6.54 Å². The van der Waals surface area contributed by atoms with Gasteiger partial charge in [-0.3, -0.25) is 4.79 Å². The van der Waals surface area contributed by atoms with E-state index < -0.39 is 0 Å². The minimum atomic E-state index is -0.173. The van der Waals surface area contributed by atoms with E-state index in [-0.39, 0.29) is 18.3 Å². The Kier molecular flexibility index (Phi) is 5.04. The highest BCUT2D eigenvalue weighted by molar-refractivity contribution is 5.77. The van der Waals surface area contributed by atoms with Crippen LogP contribution in [0.1, 0.15) is 5.56 Å². The molecule has 0 bridgehead atoms. The average molecular weight is 286 g/mol. The van der Waals surface area contributed by atoms with Gasteiger partial charge in [-0.25, -0.2) is 0 Å². The molecule has 1 amide bonds. The van der Waals surface area contributed by atoms with Gasteiger partial charge >= 0.3 is 0 Å². The molecule has 0 atom stereocenters. The van der Waals surface area contributed by atoms with Crippen LogP contribution in [0.4, 0.5) is 5.69 Å². The van der Waals surface area contributed by atoms with Gasteiger partial charge < -0.3 is 20.5 Å². The molecule has 0 spiro atoms. The molecule has 0 aromatic heterocycles. The predicted octanol–water partition coefficient (Wildman–Crippen LogP) is 2.13. The molecule has 0 fully saturated rings. The minimum Gasteiger partial charge on any atom is -0.508 e. The zero-order chi connectivity index (χ0) is 15.1. The number of hydrogen-bond donors (Lipinski definition) is 3. The Labute approximate surface area is 123 Å². The van der Waals surface area contributed by atoms with Crippen LogP contribution < -0.4 is 15.4 Å². The molecule has 0 saturated heterocycles. The van der Waals surface area contributed by atoms with E-state index in [1.165, 1.54) is 0 Å². The molecule has 3 N–H and O–H groups in total. The smallest absolute Gasteiger partial charge is 0.257 e. The summed E-state index contributed by atoms with van der Waals surface area (Å²) in [6.45, 7) is 0.583. The van der Waals surface area contributed by atoms with Gasteiger partial charge in [0.2, 0.25) is 0 Å². The Morgan fingerprint density at radius 3 is 2.76 bits per heavy atom. The number of anilines is 1. The molecule has 2 rings (SSSR count). The number of hydrogen-bond acceptors (Lipinski definition) is 4. The van der Waals surface area contributed by atoms with E-state index in [1.807, 2.05) is 24.3 Å². The Hall–Kier alpha value is -2.69. The van der Waals surface area contributed by atoms with E-state index >= 15 is 0 Å². The third-order valence-corrected chi connectivity index (χ3v) is 2.89. The summed E-state index contributed by atoms with van der Waals surface area (Å²) in [5, 5.41) is 15.2. The summed E-state index contributed by atoms with van der Waals surface area (Å²) in [7, 11) is 1.57. The Morgan fingerprint density at radius 2 is 2.00 bits per heavy atom. The molecular formula is C16H18N2O3. The molecule has 0 heterocycles. The third kappa shape index (κ3) is 4.72. The van der Waals surface area contributed by atoms with Gasteiger partial charge in [-0.2, -0.15) is 0 Å². The number of aromatic hydroxyl groups is 1. The van der Waals surface area contributed by atoms with Crippen molar-refractivity contribution < 1.29 is 14.6 Å². The molecule has 5 heteroatoms. The van der Waals surface area contributed by atoms with E-state index in [2.05, 4.69) is 10.6 Å². The highest BCUT2D eigenvalue weighted by Crippen LogP contribution is 2.19. The lowest BCUT2D eigenvalue weighted by atomic mass is 10.2. The van der Waals surface area contributed by atoms with Gasteiger partial charge in [-0.05, 0) is 29.8 Å². The van der Waals surface area contributed by atoms with E-state index in [0.717, 1.165) is 11.3 Å². The van der Waals surface area contributed by atoms with Crippen molar-refractivity contribution in [3.63, 3.8) is 0 Å². The van der Waals surface area contributed by atoms with Crippen LogP contribution in [-0.2, 0) is 11.3 Å². The number of nitrogens with one attached hydrogen (secondary N) is 2. The molecule has 0 unspecified atom stereocenters. The summed E-state index contributed by atoms with van der Waals surface area (Å²) in [6.07, 6.45) is 0. The topological polar surface area (TPSA) is 70.6 Å². The molecule has 0 aliphatic rings. The van der Waals surface area contributed by atoms with Crippen LogP contribution in [0, 0.1) is 0 Å². The van der Waals surface area contributed by atoms with Gasteiger partial charge in [0.05, 0.1) is 0 Å². The fraction of sp³-hybridized carbons (Fsp3) is 0.188. The molecule has 21 heavy (non-hydrogen) atoms. The van der Waals surface area contributed by atoms with Crippen molar-refractivity contribution >= 4 is 11.6 Å². The lowest BCUT2D eigenvalue weighted by Gasteiger charge is -2.10. The summed E-state index contributed by atoms with van der Waals surface area (Å²) in [4.78, 5) is 11.1. The van der Waals surface area contributed by atoms with Gasteiger partial charge in [0.25, 0.3) is 5.91 Å². The SMILES string of the molecule is CNC(=O)COc1cccc(NCc2cccc(O)c2)c1. The molecule has 2 aromatic rings. The summed E-state index contributed by atoms with van der Waals surface area (Å²) in [5.74, 6) is 0.699. The number of carbonyl (C=O) groups excluding carboxylic acids is 1. The van der Waals surface area contributed by atoms with Crippen molar-refractivity contribution in [3.05, 3.63) is 54.1 Å². The van der Waals surface area contributed by atoms with Crippen LogP contribution in [0.25, 0.3) is 0 Å². The zero-order valence-corrected chi connectivity index (χ0v) is 11.8. The zero-order valence-electron chi connectivity index (χ0n) is 11.8. The molecule has 110 valence electrons. The molecule has 0 aliphatic heterocycles. The van der Waals surface area contributed by atoms with Crippen molar-refractivity contribution in [3.8, 4) is 11.5 Å². The molecule has 5 nitrogen and oxygen atoms in total. The fourth-order valence-electron chi connectivity index (χ4n) is 1.79. The monoisotopic (exact) mass is 286 g/mol. The standard InChI is InChI=1S/C16H18N2O3/c1-17-16(20)11-21-15-7-3-5-13(9-15)18-10-12-4-2-6-14(19)8-12/h2-9,18-19H,10-11H2,1H3,(H,17,20). The molecule has 2 aromatic carbocycles. The van der Waals surface area contributed by atoms with E-state index in [0.29, 0.717) is 12.3 Å². The summed E-state index contributed by atoms with van der Waals surface area (Å²) in [6, 6.07) is 14.5. The Balaban J connectivity index is 1.93. The number of ether oxygens (including phenoxy) is 1. The molecule has 0 radical (unpaired) electrons. The maximum Gasteiger partial charge on any atom is 0.257 e. The fourth-order valence-corrected chi connectivity index (χ4v) is 1.79. The summed E-state index contributed by atoms with van der Waals surface area (Å²) < 4.78 is 5.38. The lowest BCUT2D eigenvalue weighted by Crippen LogP contribution is -2.24. The largest absolute Gasteiger partial charge is 0.508 e. The van der Waals surface area contributed by atoms with Gasteiger partial charge in [-0.1, -0.05) is 18.2 Å². The number of phenols is 1. The van der Waals surface area contributed by atoms with Gasteiger partial charge in [0, 0.05) is 25.3 Å². The first-order valence-electron chi connectivity index (χ1n) is 6.62. The molecule has 0 aliphatic carbocycles. The highest BCUT2D eigenvalue weighted by Gasteiger charge is 2.01. The second-order valence-electron chi connectivity index (χ2n) is 4.51. The van der Waals surface area contributed by atoms with E-state index in [1.54, 1.807) is 31.3 Å². The normalized spacial score (nSPS) is 9.95. The van der Waals surface area contributed by atoms with Crippen LogP contribution in [0.2, 0.25) is 0 Å². The number of carbonyl (C=O) groups is 1. The van der Waals surface area contributed by atoms with Crippen LogP contribution in [0.5, 0.6) is 11.5 Å². The van der Waals surface area contributed by atoms with Gasteiger partial charge in [-0.15, -0.1) is 0 Å². The second kappa shape index (κ2) is 7.19. The molecule has 0 saturated carbocycles. The van der Waals surface area contributed by atoms with Crippen molar-refractivity contribution in [2.75, 3.05) is 19.0 Å². The summed E-state index contributed by atoms with van der Waals surface area (Å²) in [5.41, 5.74) is 1.86. The minimum absolute atomic E-state index is 0.00743. The first-order valence-corrected chi connectivity index (χ1v) is 6.62. The Bertz CT molecular complexity index is 614. The van der Waals surface area contributed by atoms with Crippen LogP contribution >= 0.6 is 0 Å². The number of amides is 1. The number of rotatable bonds is 6. The quantitative estimate of drug-likeness (QED) is 0.761. The van der Waals surface area contributed by atoms with Gasteiger partial charge in [0.15, 0.2) is 6.61 Å². The van der Waals surface area contributed by atoms with E-state index in [4.69, 9.17) is 4.74 Å². The van der Waals surface area contributed by atoms with Crippen LogP contribution in [0.15, 0.2) is 48.5 Å². The van der Waals surface area contributed by atoms with Crippen molar-refractivity contribution in [1.29, 1.82) is 0 Å². The van der Waals surface area contributed by atoms with Crippen molar-refractivity contribution in [2.24, 2.45) is 0 Å². The third-order valence-electron chi connectivity index (χ3n) is 2.89. The maximum absolute atomic E-state index is 11.1. The lowest BCUT2D eigenvalue weighted by molar-refractivity contribution is -0.122. The van der Waals surface area contributed by atoms with Gasteiger partial charge in [0.1, 0.15) is 11.5 Å². The predicted molar refractivity (Wildman–Crippen MR) is 81.4 cm³/mol. The Morgan fingerprint density at radius 1 is 1.19 bits per heavy atom. The molecular weight excluding hydrogens is 268 g/mol. The maximum atomic E-state index is 11.1. The van der Waals surface area contributed by atoms with Crippen LogP contribution in [0.3, 0.4) is 0 Å². The van der Waals surface area contributed by atoms with Crippen molar-refractivity contribution in [1.82, 2.24) is 5.32 Å². The van der Waals surface area contributed by atoms with Crippen LogP contribution in [-0.4, -0.2) is 24.7 Å². The highest BCUT2D eigenvalue weighted by atomic mass is 16.5. The first-order chi connectivity index (χ1) is 10.2. The number of likely N-dealkylation sites (N-methyl/N-ethyl adjacent to an activating group) is 1. The average Bonchev–Trinajstić information content (AvgIpc) is 2.51. The van der Waals surface area contributed by atoms with E-state index in [9.17, 15) is 9.90 Å². The summed E-state index contributed by atoms with van der Waals surface area (Å²) >= 11 is 0. The first kappa shape index (κ1) is 14.7.